The molecule has 1 heterocycles. The van der Waals surface area contributed by atoms with E-state index in [1.165, 1.54) is 0 Å². The minimum Gasteiger partial charge on any atom is -0.497 e. The molecule has 0 amide bonds. The number of hydrogen-bond acceptors (Lipinski definition) is 5. The summed E-state index contributed by atoms with van der Waals surface area (Å²) in [6.07, 6.45) is 3.04. The fourth-order valence-electron chi connectivity index (χ4n) is 3.08. The average Bonchev–Trinajstić information content (AvgIpc) is 3.25. The fourth-order valence-corrected chi connectivity index (χ4v) is 3.08. The van der Waals surface area contributed by atoms with Crippen molar-refractivity contribution < 1.29 is 14.0 Å². The van der Waals surface area contributed by atoms with Crippen LogP contribution in [0.4, 0.5) is 0 Å². The van der Waals surface area contributed by atoms with Gasteiger partial charge < -0.3 is 24.6 Å². The van der Waals surface area contributed by atoms with Crippen LogP contribution in [0.15, 0.2) is 39.8 Å². The molecule has 0 radical (unpaired) electrons. The molecule has 2 rings (SSSR count). The highest BCUT2D eigenvalue weighted by molar-refractivity contribution is 5.79. The van der Waals surface area contributed by atoms with Crippen LogP contribution in [0.5, 0.6) is 5.75 Å². The maximum Gasteiger partial charge on any atom is 0.191 e. The van der Waals surface area contributed by atoms with Crippen LogP contribution in [0, 0.1) is 0 Å². The third kappa shape index (κ3) is 8.06. The second kappa shape index (κ2) is 13.6. The molecule has 0 spiro atoms. The van der Waals surface area contributed by atoms with Gasteiger partial charge in [0.05, 0.1) is 25.9 Å². The Labute approximate surface area is 180 Å². The first-order valence-electron chi connectivity index (χ1n) is 10.9. The summed E-state index contributed by atoms with van der Waals surface area (Å²) >= 11 is 0. The number of ether oxygens (including phenoxy) is 2. The predicted molar refractivity (Wildman–Crippen MR) is 120 cm³/mol. The van der Waals surface area contributed by atoms with Crippen molar-refractivity contribution in [3.05, 3.63) is 47.3 Å². The van der Waals surface area contributed by atoms with Gasteiger partial charge in [0, 0.05) is 31.7 Å². The lowest BCUT2D eigenvalue weighted by Crippen LogP contribution is -2.37. The summed E-state index contributed by atoms with van der Waals surface area (Å²) in [6, 6.07) is 9.98. The normalized spacial score (nSPS) is 11.7. The molecule has 0 aliphatic carbocycles. The topological polar surface area (TPSA) is 80.9 Å². The van der Waals surface area contributed by atoms with E-state index in [0.717, 1.165) is 67.7 Å². The average molecular weight is 417 g/mol. The van der Waals surface area contributed by atoms with Crippen molar-refractivity contribution in [3.63, 3.8) is 0 Å². The Hall–Kier alpha value is -2.54. The summed E-state index contributed by atoms with van der Waals surface area (Å²) in [4.78, 5) is 4.71. The van der Waals surface area contributed by atoms with Crippen LogP contribution < -0.4 is 15.4 Å². The summed E-state index contributed by atoms with van der Waals surface area (Å²) in [5.41, 5.74) is 2.14. The lowest BCUT2D eigenvalue weighted by atomic mass is 9.99. The first-order valence-corrected chi connectivity index (χ1v) is 10.9. The minimum atomic E-state index is 0.447. The van der Waals surface area contributed by atoms with Crippen LogP contribution in [-0.4, -0.2) is 38.0 Å². The van der Waals surface area contributed by atoms with Gasteiger partial charge >= 0.3 is 0 Å². The van der Waals surface area contributed by atoms with Crippen LogP contribution >= 0.6 is 0 Å². The Morgan fingerprint density at radius 3 is 2.57 bits per heavy atom. The van der Waals surface area contributed by atoms with Gasteiger partial charge in [-0.2, -0.15) is 0 Å². The quantitative estimate of drug-likeness (QED) is 0.289. The number of guanidine groups is 1. The van der Waals surface area contributed by atoms with Crippen LogP contribution in [0.1, 0.15) is 63.0 Å². The molecule has 0 saturated heterocycles. The minimum absolute atomic E-state index is 0.447. The Balaban J connectivity index is 1.95. The van der Waals surface area contributed by atoms with Crippen molar-refractivity contribution in [2.45, 2.75) is 59.0 Å². The van der Waals surface area contributed by atoms with Crippen molar-refractivity contribution in [3.8, 4) is 5.75 Å². The van der Waals surface area contributed by atoms with Gasteiger partial charge in [0.1, 0.15) is 5.75 Å². The molecule has 30 heavy (non-hydrogen) atoms. The summed E-state index contributed by atoms with van der Waals surface area (Å²) < 4.78 is 16.1. The molecule has 166 valence electrons. The predicted octanol–water partition coefficient (Wildman–Crippen LogP) is 4.25. The maximum absolute atomic E-state index is 5.52. The molecule has 0 aliphatic rings. The van der Waals surface area contributed by atoms with E-state index >= 15 is 0 Å². The largest absolute Gasteiger partial charge is 0.497 e. The SMILES string of the molecule is CCOCCCNC(=NCc1ccc(OC)cc1)NCc1cc(C(CC)CC)no1. The Kier molecular flexibility index (Phi) is 10.8. The van der Waals surface area contributed by atoms with Gasteiger partial charge in [-0.05, 0) is 43.9 Å². The highest BCUT2D eigenvalue weighted by Crippen LogP contribution is 2.22. The van der Waals surface area contributed by atoms with E-state index in [0.29, 0.717) is 19.0 Å². The zero-order chi connectivity index (χ0) is 21.6. The fraction of sp³-hybridized carbons (Fsp3) is 0.565. The lowest BCUT2D eigenvalue weighted by Gasteiger charge is -2.12. The third-order valence-corrected chi connectivity index (χ3v) is 4.95. The van der Waals surface area contributed by atoms with Crippen molar-refractivity contribution in [1.82, 2.24) is 15.8 Å². The summed E-state index contributed by atoms with van der Waals surface area (Å²) in [5.74, 6) is 2.84. The van der Waals surface area contributed by atoms with Gasteiger partial charge in [-0.15, -0.1) is 0 Å². The zero-order valence-corrected chi connectivity index (χ0v) is 18.7. The number of hydrogen-bond donors (Lipinski definition) is 2. The molecule has 0 saturated carbocycles. The van der Waals surface area contributed by atoms with Gasteiger partial charge in [-0.3, -0.25) is 0 Å². The summed E-state index contributed by atoms with van der Waals surface area (Å²) in [7, 11) is 1.67. The Morgan fingerprint density at radius 1 is 1.13 bits per heavy atom. The van der Waals surface area contributed by atoms with Gasteiger partial charge in [-0.25, -0.2) is 4.99 Å². The number of aliphatic imine (C=N–C) groups is 1. The molecule has 0 bridgehead atoms. The number of rotatable bonds is 13. The van der Waals surface area contributed by atoms with Crippen molar-refractivity contribution >= 4 is 5.96 Å². The van der Waals surface area contributed by atoms with Crippen LogP contribution in [0.25, 0.3) is 0 Å². The van der Waals surface area contributed by atoms with Gasteiger partial charge in [-0.1, -0.05) is 31.1 Å². The molecule has 0 fully saturated rings. The molecule has 1 aromatic carbocycles. The van der Waals surface area contributed by atoms with Gasteiger partial charge in [0.15, 0.2) is 11.7 Å². The zero-order valence-electron chi connectivity index (χ0n) is 18.7. The van der Waals surface area contributed by atoms with E-state index in [4.69, 9.17) is 19.0 Å². The molecule has 1 aromatic heterocycles. The summed E-state index contributed by atoms with van der Waals surface area (Å²) in [5, 5.41) is 11.0. The monoisotopic (exact) mass is 416 g/mol. The van der Waals surface area contributed by atoms with Crippen molar-refractivity contribution in [2.24, 2.45) is 4.99 Å². The standard InChI is InChI=1S/C23H36N4O3/c1-5-19(6-2)22-15-21(30-27-22)17-26-23(24-13-8-14-29-7-3)25-16-18-9-11-20(28-4)12-10-18/h9-12,15,19H,5-8,13-14,16-17H2,1-4H3,(H2,24,25,26). The van der Waals surface area contributed by atoms with E-state index in [-0.39, 0.29) is 0 Å². The molecule has 7 heteroatoms. The molecular formula is C23H36N4O3. The van der Waals surface area contributed by atoms with Gasteiger partial charge in [0.2, 0.25) is 0 Å². The van der Waals surface area contributed by atoms with Crippen LogP contribution in [0.2, 0.25) is 0 Å². The Bertz CT molecular complexity index is 739. The molecule has 0 aliphatic heterocycles. The van der Waals surface area contributed by atoms with E-state index in [1.54, 1.807) is 7.11 Å². The second-order valence-electron chi connectivity index (χ2n) is 7.08. The Morgan fingerprint density at radius 2 is 1.90 bits per heavy atom. The third-order valence-electron chi connectivity index (χ3n) is 4.95. The number of methoxy groups -OCH3 is 1. The van der Waals surface area contributed by atoms with Crippen LogP contribution in [-0.2, 0) is 17.8 Å². The van der Waals surface area contributed by atoms with E-state index in [9.17, 15) is 0 Å². The molecule has 0 unspecified atom stereocenters. The molecule has 7 nitrogen and oxygen atoms in total. The lowest BCUT2D eigenvalue weighted by molar-refractivity contribution is 0.145. The number of aromatic nitrogens is 1. The number of nitrogens with one attached hydrogen (secondary N) is 2. The maximum atomic E-state index is 5.52. The van der Waals surface area contributed by atoms with E-state index in [2.05, 4.69) is 29.6 Å². The first kappa shape index (κ1) is 23.7. The van der Waals surface area contributed by atoms with Gasteiger partial charge in [0.25, 0.3) is 0 Å². The first-order chi connectivity index (χ1) is 14.7. The molecular weight excluding hydrogens is 380 g/mol. The van der Waals surface area contributed by atoms with Crippen LogP contribution in [0.3, 0.4) is 0 Å². The molecule has 2 N–H and O–H groups in total. The summed E-state index contributed by atoms with van der Waals surface area (Å²) in [6.45, 7) is 9.71. The molecule has 0 atom stereocenters. The smallest absolute Gasteiger partial charge is 0.191 e. The van der Waals surface area contributed by atoms with E-state index < -0.39 is 0 Å². The number of benzene rings is 1. The van der Waals surface area contributed by atoms with Crippen molar-refractivity contribution in [2.75, 3.05) is 26.9 Å². The second-order valence-corrected chi connectivity index (χ2v) is 7.08. The van der Waals surface area contributed by atoms with Crippen molar-refractivity contribution in [1.29, 1.82) is 0 Å². The highest BCUT2D eigenvalue weighted by atomic mass is 16.5. The highest BCUT2D eigenvalue weighted by Gasteiger charge is 2.13. The molecule has 2 aromatic rings. The van der Waals surface area contributed by atoms with E-state index in [1.807, 2.05) is 37.3 Å². The number of nitrogens with zero attached hydrogens (tertiary/aromatic N) is 2.